The Balaban J connectivity index is 1.98. The lowest BCUT2D eigenvalue weighted by molar-refractivity contribution is 0.791. The third-order valence-electron chi connectivity index (χ3n) is 4.05. The summed E-state index contributed by atoms with van der Waals surface area (Å²) in [6.07, 6.45) is 1.81. The normalized spacial score (nSPS) is 11.2. The van der Waals surface area contributed by atoms with Gasteiger partial charge in [0.1, 0.15) is 0 Å². The fourth-order valence-corrected chi connectivity index (χ4v) is 3.37. The van der Waals surface area contributed by atoms with E-state index in [0.29, 0.717) is 5.65 Å². The average molecular weight is 322 g/mol. The van der Waals surface area contributed by atoms with Crippen LogP contribution in [0.25, 0.3) is 33.5 Å². The summed E-state index contributed by atoms with van der Waals surface area (Å²) in [5.74, 6) is 0. The molecule has 0 fully saturated rings. The fraction of sp³-hybridized carbons (Fsp3) is 0.118. The van der Waals surface area contributed by atoms with Crippen LogP contribution < -0.4 is 5.69 Å². The van der Waals surface area contributed by atoms with Crippen molar-refractivity contribution in [2.45, 2.75) is 0 Å². The van der Waals surface area contributed by atoms with Crippen LogP contribution in [0.1, 0.15) is 0 Å². The molecule has 0 bridgehead atoms. The summed E-state index contributed by atoms with van der Waals surface area (Å²) >= 11 is 1.57. The lowest BCUT2D eigenvalue weighted by Gasteiger charge is -2.08. The average Bonchev–Trinajstić information content (AvgIpc) is 3.19. The van der Waals surface area contributed by atoms with Crippen LogP contribution in [-0.2, 0) is 14.1 Å². The first-order chi connectivity index (χ1) is 11.2. The highest BCUT2D eigenvalue weighted by molar-refractivity contribution is 7.07. The van der Waals surface area contributed by atoms with Crippen molar-refractivity contribution in [1.82, 2.24) is 19.1 Å². The topological polar surface area (TPSA) is 52.7 Å². The number of benzene rings is 1. The van der Waals surface area contributed by atoms with Gasteiger partial charge in [0.05, 0.1) is 16.7 Å². The first kappa shape index (κ1) is 13.9. The fourth-order valence-electron chi connectivity index (χ4n) is 2.82. The third-order valence-corrected chi connectivity index (χ3v) is 4.63. The zero-order chi connectivity index (χ0) is 16.0. The molecule has 4 rings (SSSR count). The molecule has 0 radical (unpaired) electrons. The quantitative estimate of drug-likeness (QED) is 0.570. The number of rotatable bonds is 2. The Bertz CT molecular complexity index is 1060. The van der Waals surface area contributed by atoms with E-state index >= 15 is 0 Å². The smallest absolute Gasteiger partial charge is 0.293 e. The molecule has 114 valence electrons. The molecular weight excluding hydrogens is 308 g/mol. The lowest BCUT2D eigenvalue weighted by atomic mass is 9.99. The van der Waals surface area contributed by atoms with Crippen molar-refractivity contribution in [3.8, 4) is 22.4 Å². The first-order valence-corrected chi connectivity index (χ1v) is 8.10. The minimum atomic E-state index is -0.0718. The van der Waals surface area contributed by atoms with Crippen molar-refractivity contribution in [3.05, 3.63) is 57.9 Å². The van der Waals surface area contributed by atoms with Gasteiger partial charge in [0.15, 0.2) is 5.65 Å². The molecule has 0 amide bonds. The van der Waals surface area contributed by atoms with E-state index in [1.165, 1.54) is 0 Å². The SMILES string of the molecule is Cn1c(=O)n(C)c2ncc(-c3ccccc3-c3cscn3)cc21. The maximum atomic E-state index is 12.1. The van der Waals surface area contributed by atoms with E-state index in [1.54, 1.807) is 34.6 Å². The van der Waals surface area contributed by atoms with Crippen LogP contribution in [0.3, 0.4) is 0 Å². The predicted molar refractivity (Wildman–Crippen MR) is 92.5 cm³/mol. The molecule has 0 unspecified atom stereocenters. The standard InChI is InChI=1S/C17H14N4OS/c1-20-15-7-11(8-18-16(15)21(2)17(20)22)12-5-3-4-6-13(12)14-9-23-10-19-14/h3-10H,1-2H3. The summed E-state index contributed by atoms with van der Waals surface area (Å²) in [6.45, 7) is 0. The van der Waals surface area contributed by atoms with Gasteiger partial charge in [0.2, 0.25) is 0 Å². The van der Waals surface area contributed by atoms with Crippen LogP contribution in [0.4, 0.5) is 0 Å². The molecule has 3 heterocycles. The summed E-state index contributed by atoms with van der Waals surface area (Å²) < 4.78 is 3.18. The Labute approximate surface area is 136 Å². The molecule has 0 saturated heterocycles. The highest BCUT2D eigenvalue weighted by Crippen LogP contribution is 2.32. The van der Waals surface area contributed by atoms with Gasteiger partial charge >= 0.3 is 5.69 Å². The zero-order valence-electron chi connectivity index (χ0n) is 12.7. The van der Waals surface area contributed by atoms with Crippen molar-refractivity contribution in [3.63, 3.8) is 0 Å². The molecular formula is C17H14N4OS. The van der Waals surface area contributed by atoms with E-state index < -0.39 is 0 Å². The van der Waals surface area contributed by atoms with Crippen molar-refractivity contribution >= 4 is 22.5 Å². The summed E-state index contributed by atoms with van der Waals surface area (Å²) in [7, 11) is 3.50. The number of pyridine rings is 1. The molecule has 0 atom stereocenters. The zero-order valence-corrected chi connectivity index (χ0v) is 13.5. The second-order valence-corrected chi connectivity index (χ2v) is 6.11. The second kappa shape index (κ2) is 5.17. The summed E-state index contributed by atoms with van der Waals surface area (Å²) in [5, 5.41) is 2.03. The van der Waals surface area contributed by atoms with Crippen LogP contribution >= 0.6 is 11.3 Å². The van der Waals surface area contributed by atoms with Crippen molar-refractivity contribution in [2.24, 2.45) is 14.1 Å². The molecule has 23 heavy (non-hydrogen) atoms. The summed E-state index contributed by atoms with van der Waals surface area (Å²) in [6, 6.07) is 10.1. The van der Waals surface area contributed by atoms with Gasteiger partial charge in [-0.3, -0.25) is 9.13 Å². The Kier molecular flexibility index (Phi) is 3.12. The number of fused-ring (bicyclic) bond motifs is 1. The molecule has 5 nitrogen and oxygen atoms in total. The van der Waals surface area contributed by atoms with Crippen LogP contribution in [0.15, 0.2) is 52.2 Å². The van der Waals surface area contributed by atoms with Gasteiger partial charge < -0.3 is 0 Å². The monoisotopic (exact) mass is 322 g/mol. The number of hydrogen-bond donors (Lipinski definition) is 0. The highest BCUT2D eigenvalue weighted by atomic mass is 32.1. The molecule has 0 spiro atoms. The Morgan fingerprint density at radius 2 is 1.83 bits per heavy atom. The molecule has 0 saturated carbocycles. The predicted octanol–water partition coefficient (Wildman–Crippen LogP) is 3.06. The molecule has 3 aromatic heterocycles. The van der Waals surface area contributed by atoms with Gasteiger partial charge in [0.25, 0.3) is 0 Å². The summed E-state index contributed by atoms with van der Waals surface area (Å²) in [4.78, 5) is 21.0. The van der Waals surface area contributed by atoms with Crippen molar-refractivity contribution in [1.29, 1.82) is 0 Å². The molecule has 1 aromatic carbocycles. The minimum Gasteiger partial charge on any atom is -0.293 e. The minimum absolute atomic E-state index is 0.0718. The third kappa shape index (κ3) is 2.10. The van der Waals surface area contributed by atoms with E-state index in [4.69, 9.17) is 0 Å². The number of aromatic nitrogens is 4. The van der Waals surface area contributed by atoms with Gasteiger partial charge in [-0.25, -0.2) is 14.8 Å². The number of nitrogens with zero attached hydrogens (tertiary/aromatic N) is 4. The van der Waals surface area contributed by atoms with Crippen LogP contribution in [-0.4, -0.2) is 19.1 Å². The lowest BCUT2D eigenvalue weighted by Crippen LogP contribution is -2.19. The van der Waals surface area contributed by atoms with E-state index in [9.17, 15) is 4.79 Å². The van der Waals surface area contributed by atoms with Gasteiger partial charge in [-0.05, 0) is 11.6 Å². The number of aryl methyl sites for hydroxylation is 2. The van der Waals surface area contributed by atoms with E-state index in [1.807, 2.05) is 35.3 Å². The van der Waals surface area contributed by atoms with Crippen molar-refractivity contribution in [2.75, 3.05) is 0 Å². The molecule has 0 aliphatic heterocycles. The largest absolute Gasteiger partial charge is 0.329 e. The van der Waals surface area contributed by atoms with Gasteiger partial charge in [-0.15, -0.1) is 11.3 Å². The van der Waals surface area contributed by atoms with E-state index in [-0.39, 0.29) is 5.69 Å². The van der Waals surface area contributed by atoms with Gasteiger partial charge in [-0.2, -0.15) is 0 Å². The van der Waals surface area contributed by atoms with Gasteiger partial charge in [0, 0.05) is 36.8 Å². The van der Waals surface area contributed by atoms with Crippen LogP contribution in [0, 0.1) is 0 Å². The van der Waals surface area contributed by atoms with Gasteiger partial charge in [-0.1, -0.05) is 24.3 Å². The van der Waals surface area contributed by atoms with Crippen LogP contribution in [0.2, 0.25) is 0 Å². The van der Waals surface area contributed by atoms with E-state index in [2.05, 4.69) is 22.1 Å². The van der Waals surface area contributed by atoms with Crippen molar-refractivity contribution < 1.29 is 0 Å². The van der Waals surface area contributed by atoms with Crippen LogP contribution in [0.5, 0.6) is 0 Å². The molecule has 4 aromatic rings. The highest BCUT2D eigenvalue weighted by Gasteiger charge is 2.13. The Morgan fingerprint density at radius 3 is 2.57 bits per heavy atom. The molecule has 0 N–H and O–H groups in total. The number of thiazole rings is 1. The first-order valence-electron chi connectivity index (χ1n) is 7.16. The van der Waals surface area contributed by atoms with E-state index in [0.717, 1.165) is 27.9 Å². The maximum absolute atomic E-state index is 12.1. The molecule has 0 aliphatic carbocycles. The molecule has 6 heteroatoms. The number of hydrogen-bond acceptors (Lipinski definition) is 4. The Hall–Kier alpha value is -2.73. The second-order valence-electron chi connectivity index (χ2n) is 5.39. The summed E-state index contributed by atoms with van der Waals surface area (Å²) in [5.41, 5.74) is 7.32. The Morgan fingerprint density at radius 1 is 1.04 bits per heavy atom. The maximum Gasteiger partial charge on any atom is 0.329 e. The number of imidazole rings is 1. The molecule has 0 aliphatic rings.